The van der Waals surface area contributed by atoms with Gasteiger partial charge in [0.25, 0.3) is 0 Å². The zero-order chi connectivity index (χ0) is 41.0. The Labute approximate surface area is 338 Å². The number of amides is 1. The van der Waals surface area contributed by atoms with E-state index in [1.54, 1.807) is 24.3 Å². The maximum atomic E-state index is 14.6. The third kappa shape index (κ3) is 14.2. The van der Waals surface area contributed by atoms with E-state index in [1.165, 1.54) is 82.0 Å². The lowest BCUT2D eigenvalue weighted by molar-refractivity contribution is -0.145. The summed E-state index contributed by atoms with van der Waals surface area (Å²) in [7, 11) is 0. The van der Waals surface area contributed by atoms with E-state index in [9.17, 15) is 28.7 Å². The highest BCUT2D eigenvalue weighted by Crippen LogP contribution is 2.38. The highest BCUT2D eigenvalue weighted by molar-refractivity contribution is 8.13. The Hall–Kier alpha value is -4.39. The third-order valence-corrected chi connectivity index (χ3v) is 10.8. The van der Waals surface area contributed by atoms with Crippen molar-refractivity contribution in [3.8, 4) is 12.3 Å². The summed E-state index contributed by atoms with van der Waals surface area (Å²) < 4.78 is 33.1. The minimum absolute atomic E-state index is 0.0236. The van der Waals surface area contributed by atoms with Crippen LogP contribution in [-0.4, -0.2) is 71.7 Å². The Kier molecular flexibility index (Phi) is 18.9. The van der Waals surface area contributed by atoms with E-state index in [-0.39, 0.29) is 53.1 Å². The van der Waals surface area contributed by atoms with Gasteiger partial charge in [0, 0.05) is 37.5 Å². The summed E-state index contributed by atoms with van der Waals surface area (Å²) in [5.74, 6) is 1.19. The number of hydrogen-bond donors (Lipinski definition) is 2. The lowest BCUT2D eigenvalue weighted by Gasteiger charge is -2.26. The summed E-state index contributed by atoms with van der Waals surface area (Å²) in [5, 5.41) is 13.6. The van der Waals surface area contributed by atoms with Crippen molar-refractivity contribution >= 4 is 51.7 Å². The Morgan fingerprint density at radius 1 is 0.982 bits per heavy atom. The van der Waals surface area contributed by atoms with Crippen LogP contribution in [0.4, 0.5) is 10.2 Å². The number of fused-ring (bicyclic) bond motifs is 1. The monoisotopic (exact) mass is 809 g/mol. The lowest BCUT2D eigenvalue weighted by atomic mass is 9.99. The zero-order valence-electron chi connectivity index (χ0n) is 33.1. The van der Waals surface area contributed by atoms with E-state index in [0.29, 0.717) is 24.2 Å². The first-order valence-electron chi connectivity index (χ1n) is 20.1. The number of anilines is 1. The van der Waals surface area contributed by atoms with E-state index in [2.05, 4.69) is 33.1 Å². The van der Waals surface area contributed by atoms with Crippen molar-refractivity contribution in [1.29, 1.82) is 0 Å². The van der Waals surface area contributed by atoms with Crippen molar-refractivity contribution < 1.29 is 42.9 Å². The number of unbranched alkanes of at least 4 members (excludes halogenated alkanes) is 12. The summed E-state index contributed by atoms with van der Waals surface area (Å²) in [5.41, 5.74) is -1.10. The van der Waals surface area contributed by atoms with Crippen LogP contribution < -0.4 is 5.32 Å². The van der Waals surface area contributed by atoms with Crippen LogP contribution in [0.25, 0.3) is 11.2 Å². The molecule has 15 heteroatoms. The minimum atomic E-state index is -1.77. The van der Waals surface area contributed by atoms with Crippen molar-refractivity contribution in [2.75, 3.05) is 17.7 Å². The number of hydrogen-bond acceptors (Lipinski definition) is 12. The fraction of sp³-hybridized carbons (Fsp3) is 0.595. The molecule has 3 atom stereocenters. The number of nitrogens with zero attached hydrogens (tertiary/aromatic N) is 4. The van der Waals surface area contributed by atoms with Crippen LogP contribution in [0.15, 0.2) is 30.6 Å². The number of esters is 2. The smallest absolute Gasteiger partial charge is 0.338 e. The van der Waals surface area contributed by atoms with Gasteiger partial charge in [-0.3, -0.25) is 19.0 Å². The number of carbonyl (C=O) groups excluding carboxylic acids is 4. The van der Waals surface area contributed by atoms with Crippen LogP contribution in [0.5, 0.6) is 0 Å². The van der Waals surface area contributed by atoms with Crippen molar-refractivity contribution in [1.82, 2.24) is 19.5 Å². The molecule has 0 bridgehead atoms. The molecule has 1 aromatic carbocycles. The maximum absolute atomic E-state index is 14.6. The molecule has 0 unspecified atom stereocenters. The van der Waals surface area contributed by atoms with Gasteiger partial charge >= 0.3 is 18.0 Å². The first-order chi connectivity index (χ1) is 27.6. The molecule has 1 aliphatic rings. The van der Waals surface area contributed by atoms with Crippen molar-refractivity contribution in [3.63, 3.8) is 0 Å². The van der Waals surface area contributed by atoms with E-state index < -0.39 is 42.5 Å². The number of terminal acetylenes is 1. The Balaban J connectivity index is 1.24. The molecule has 0 radical (unpaired) electrons. The molecular formula is C42H56FN5O8S. The number of benzene rings is 1. The summed E-state index contributed by atoms with van der Waals surface area (Å²) in [4.78, 5) is 61.2. The second kappa shape index (κ2) is 23.7. The fourth-order valence-electron chi connectivity index (χ4n) is 6.67. The number of halogens is 1. The van der Waals surface area contributed by atoms with Gasteiger partial charge in [-0.1, -0.05) is 120 Å². The number of carbonyl (C=O) groups is 4. The average molecular weight is 810 g/mol. The first kappa shape index (κ1) is 45.3. The molecule has 1 aliphatic heterocycles. The fourth-order valence-corrected chi connectivity index (χ4v) is 7.24. The van der Waals surface area contributed by atoms with Crippen LogP contribution >= 0.6 is 11.8 Å². The van der Waals surface area contributed by atoms with Crippen LogP contribution in [0.3, 0.4) is 0 Å². The molecule has 0 spiro atoms. The second-order valence-corrected chi connectivity index (χ2v) is 15.7. The maximum Gasteiger partial charge on any atom is 0.338 e. The van der Waals surface area contributed by atoms with E-state index >= 15 is 0 Å². The summed E-state index contributed by atoms with van der Waals surface area (Å²) in [6, 6.07) is 6.58. The molecule has 3 heterocycles. The normalized spacial score (nSPS) is 17.7. The Morgan fingerprint density at radius 3 is 2.32 bits per heavy atom. The molecule has 310 valence electrons. The van der Waals surface area contributed by atoms with Crippen molar-refractivity contribution in [3.05, 3.63) is 47.8 Å². The molecule has 0 aliphatic carbocycles. The number of thioether (sulfide) groups is 1. The predicted octanol–water partition coefficient (Wildman–Crippen LogP) is 8.00. The van der Waals surface area contributed by atoms with E-state index in [1.807, 2.05) is 0 Å². The molecule has 1 saturated heterocycles. The quantitative estimate of drug-likeness (QED) is 0.0366. The minimum Gasteiger partial charge on any atom is -0.461 e. The summed E-state index contributed by atoms with van der Waals surface area (Å²) in [6.45, 7) is 3.05. The standard InChI is InChI=1S/C42H56FN5O8S/c1-4-6-7-8-9-10-11-12-13-14-15-16-17-24-36(52)54-27-31-21-18-19-22-32(31)40(53)55-28-42(5-2)33(50)26-35(56-42)48-29-44-37-38(46-41(43)47-39(37)48)45-34(51)23-20-25-57-30(3)49/h2,18-19,21-22,29,33,35,50H,4,6-17,20,23-28H2,1,3H3,(H,45,46,47,51)/t33-,35+,42+/m0/s1. The number of imidazole rings is 1. The summed E-state index contributed by atoms with van der Waals surface area (Å²) in [6.07, 6.45) is 20.2. The van der Waals surface area contributed by atoms with Crippen LogP contribution in [0, 0.1) is 18.4 Å². The Bertz CT molecular complexity index is 1830. The average Bonchev–Trinajstić information content (AvgIpc) is 3.77. The van der Waals surface area contributed by atoms with Gasteiger partial charge in [-0.25, -0.2) is 9.78 Å². The molecule has 2 aromatic heterocycles. The van der Waals surface area contributed by atoms with Gasteiger partial charge in [-0.2, -0.15) is 14.4 Å². The SMILES string of the molecule is C#C[C@]1(COC(=O)c2ccccc2COC(=O)CCCCCCCCCCCCCCC)O[C@@H](n2cnc3c(NC(=O)CCCSC(C)=O)nc(F)nc32)C[C@@H]1O. The van der Waals surface area contributed by atoms with E-state index in [4.69, 9.17) is 20.6 Å². The zero-order valence-corrected chi connectivity index (χ0v) is 34.0. The van der Waals surface area contributed by atoms with Gasteiger partial charge in [-0.05, 0) is 18.9 Å². The Morgan fingerprint density at radius 2 is 1.65 bits per heavy atom. The molecular weight excluding hydrogens is 754 g/mol. The first-order valence-corrected chi connectivity index (χ1v) is 21.1. The number of aliphatic hydroxyl groups is 1. The lowest BCUT2D eigenvalue weighted by Crippen LogP contribution is -2.43. The molecule has 4 rings (SSSR count). The number of aromatic nitrogens is 4. The van der Waals surface area contributed by atoms with Gasteiger partial charge in [0.2, 0.25) is 5.91 Å². The molecule has 57 heavy (non-hydrogen) atoms. The number of nitrogens with one attached hydrogen (secondary N) is 1. The van der Waals surface area contributed by atoms with Gasteiger partial charge in [0.05, 0.1) is 11.9 Å². The van der Waals surface area contributed by atoms with E-state index in [0.717, 1.165) is 31.0 Å². The van der Waals surface area contributed by atoms with Crippen molar-refractivity contribution in [2.24, 2.45) is 0 Å². The molecule has 3 aromatic rings. The van der Waals surface area contributed by atoms with Gasteiger partial charge in [0.1, 0.15) is 25.5 Å². The van der Waals surface area contributed by atoms with Crippen molar-refractivity contribution in [2.45, 2.75) is 148 Å². The number of aliphatic hydroxyl groups excluding tert-OH is 1. The van der Waals surface area contributed by atoms with Gasteiger partial charge in [-0.15, -0.1) is 6.42 Å². The topological polar surface area (TPSA) is 172 Å². The summed E-state index contributed by atoms with van der Waals surface area (Å²) >= 11 is 1.10. The van der Waals surface area contributed by atoms with Crippen LogP contribution in [-0.2, 0) is 35.2 Å². The molecule has 13 nitrogen and oxygen atoms in total. The second-order valence-electron chi connectivity index (χ2n) is 14.4. The highest BCUT2D eigenvalue weighted by Gasteiger charge is 2.49. The highest BCUT2D eigenvalue weighted by atomic mass is 32.2. The third-order valence-electron chi connectivity index (χ3n) is 9.90. The van der Waals surface area contributed by atoms with Gasteiger partial charge in [0.15, 0.2) is 27.7 Å². The van der Waals surface area contributed by atoms with Gasteiger partial charge < -0.3 is 24.6 Å². The largest absolute Gasteiger partial charge is 0.461 e. The molecule has 0 saturated carbocycles. The molecule has 1 amide bonds. The van der Waals surface area contributed by atoms with Crippen LogP contribution in [0.2, 0.25) is 0 Å². The molecule has 1 fully saturated rings. The number of ether oxygens (including phenoxy) is 3. The molecule has 2 N–H and O–H groups in total. The number of rotatable bonds is 25. The van der Waals surface area contributed by atoms with Crippen LogP contribution in [0.1, 0.15) is 145 Å². The predicted molar refractivity (Wildman–Crippen MR) is 215 cm³/mol.